The van der Waals surface area contributed by atoms with Crippen molar-refractivity contribution in [3.8, 4) is 5.75 Å². The molecule has 2 aromatic rings. The maximum Gasteiger partial charge on any atom is 0.258 e. The highest BCUT2D eigenvalue weighted by molar-refractivity contribution is 9.10. The van der Waals surface area contributed by atoms with Gasteiger partial charge < -0.3 is 15.0 Å². The molecule has 30 heavy (non-hydrogen) atoms. The topological polar surface area (TPSA) is 58.6 Å². The minimum atomic E-state index is -0.640. The van der Waals surface area contributed by atoms with Gasteiger partial charge in [0.05, 0.1) is 18.4 Å². The summed E-state index contributed by atoms with van der Waals surface area (Å²) in [6, 6.07) is 10.9. The van der Waals surface area contributed by atoms with E-state index in [1.807, 2.05) is 6.07 Å². The van der Waals surface area contributed by atoms with E-state index < -0.39 is 11.9 Å². The Morgan fingerprint density at radius 2 is 1.93 bits per heavy atom. The molecule has 2 aromatic carbocycles. The first-order valence-corrected chi connectivity index (χ1v) is 11.0. The second-order valence-corrected chi connectivity index (χ2v) is 8.81. The van der Waals surface area contributed by atoms with E-state index >= 15 is 0 Å². The highest BCUT2D eigenvalue weighted by atomic mass is 79.9. The lowest BCUT2D eigenvalue weighted by molar-refractivity contribution is -0.120. The monoisotopic (exact) mass is 474 g/mol. The van der Waals surface area contributed by atoms with Crippen LogP contribution in [-0.4, -0.2) is 35.9 Å². The number of hydrogen-bond acceptors (Lipinski definition) is 3. The van der Waals surface area contributed by atoms with Gasteiger partial charge >= 0.3 is 0 Å². The number of likely N-dealkylation sites (tertiary alicyclic amines) is 1. The van der Waals surface area contributed by atoms with Crippen molar-refractivity contribution in [3.63, 3.8) is 0 Å². The van der Waals surface area contributed by atoms with Crippen LogP contribution < -0.4 is 10.1 Å². The zero-order valence-corrected chi connectivity index (χ0v) is 18.3. The fourth-order valence-corrected chi connectivity index (χ4v) is 5.09. The lowest BCUT2D eigenvalue weighted by Crippen LogP contribution is -2.48. The minimum absolute atomic E-state index is 0.0154. The average Bonchev–Trinajstić information content (AvgIpc) is 3.15. The van der Waals surface area contributed by atoms with E-state index in [9.17, 15) is 14.0 Å². The van der Waals surface area contributed by atoms with E-state index in [0.29, 0.717) is 22.2 Å². The molecular weight excluding hydrogens is 451 g/mol. The van der Waals surface area contributed by atoms with Crippen LogP contribution in [0.25, 0.3) is 0 Å². The summed E-state index contributed by atoms with van der Waals surface area (Å²) in [6.07, 6.45) is 4.61. The van der Waals surface area contributed by atoms with E-state index in [0.717, 1.165) is 25.7 Å². The molecule has 5 nitrogen and oxygen atoms in total. The number of rotatable bonds is 4. The van der Waals surface area contributed by atoms with Gasteiger partial charge in [-0.05, 0) is 55.5 Å². The van der Waals surface area contributed by atoms with Crippen molar-refractivity contribution in [1.82, 2.24) is 4.90 Å². The van der Waals surface area contributed by atoms with E-state index in [2.05, 4.69) is 21.2 Å². The Kier molecular flexibility index (Phi) is 6.09. The SMILES string of the molecule is COc1ccccc1C(=O)N1C(C(=O)Nc2ccc(Br)cc2F)CC2CCCCC21. The van der Waals surface area contributed by atoms with Crippen molar-refractivity contribution >= 4 is 33.4 Å². The minimum Gasteiger partial charge on any atom is -0.496 e. The van der Waals surface area contributed by atoms with Crippen molar-refractivity contribution < 1.29 is 18.7 Å². The van der Waals surface area contributed by atoms with Crippen LogP contribution in [0.1, 0.15) is 42.5 Å². The summed E-state index contributed by atoms with van der Waals surface area (Å²) in [7, 11) is 1.53. The summed E-state index contributed by atoms with van der Waals surface area (Å²) in [5.41, 5.74) is 0.557. The molecular formula is C23H24BrFN2O3. The number of carbonyl (C=O) groups excluding carboxylic acids is 2. The summed E-state index contributed by atoms with van der Waals surface area (Å²) in [5, 5.41) is 2.69. The van der Waals surface area contributed by atoms with Crippen LogP contribution in [-0.2, 0) is 4.79 Å². The van der Waals surface area contributed by atoms with Gasteiger partial charge in [-0.15, -0.1) is 0 Å². The number of halogens is 2. The summed E-state index contributed by atoms with van der Waals surface area (Å²) < 4.78 is 20.2. The fourth-order valence-electron chi connectivity index (χ4n) is 4.75. The molecule has 158 valence electrons. The second-order valence-electron chi connectivity index (χ2n) is 7.89. The molecule has 1 heterocycles. The molecule has 0 aromatic heterocycles. The molecule has 1 N–H and O–H groups in total. The van der Waals surface area contributed by atoms with E-state index in [1.54, 1.807) is 29.2 Å². The highest BCUT2D eigenvalue weighted by Gasteiger charge is 2.48. The number of fused-ring (bicyclic) bond motifs is 1. The molecule has 2 fully saturated rings. The van der Waals surface area contributed by atoms with Gasteiger partial charge in [-0.3, -0.25) is 9.59 Å². The number of para-hydroxylation sites is 1. The number of hydrogen-bond donors (Lipinski definition) is 1. The lowest BCUT2D eigenvalue weighted by atomic mass is 9.84. The molecule has 1 aliphatic heterocycles. The lowest BCUT2D eigenvalue weighted by Gasteiger charge is -2.34. The van der Waals surface area contributed by atoms with Gasteiger partial charge in [0, 0.05) is 10.5 Å². The first kappa shape index (κ1) is 20.8. The van der Waals surface area contributed by atoms with Gasteiger partial charge in [-0.1, -0.05) is 40.9 Å². The number of benzene rings is 2. The number of nitrogens with one attached hydrogen (secondary N) is 1. The van der Waals surface area contributed by atoms with Gasteiger partial charge in [0.25, 0.3) is 5.91 Å². The fraction of sp³-hybridized carbons (Fsp3) is 0.391. The third-order valence-electron chi connectivity index (χ3n) is 6.15. The smallest absolute Gasteiger partial charge is 0.258 e. The van der Waals surface area contributed by atoms with Crippen LogP contribution in [0.4, 0.5) is 10.1 Å². The Hall–Kier alpha value is -2.41. The van der Waals surface area contributed by atoms with Gasteiger partial charge in [0.1, 0.15) is 17.6 Å². The Bertz CT molecular complexity index is 967. The van der Waals surface area contributed by atoms with E-state index in [1.165, 1.54) is 19.2 Å². The number of ether oxygens (including phenoxy) is 1. The molecule has 4 rings (SSSR count). The largest absolute Gasteiger partial charge is 0.496 e. The highest BCUT2D eigenvalue weighted by Crippen LogP contribution is 2.41. The standard InChI is InChI=1S/C23H24BrFN2O3/c1-30-21-9-5-3-7-16(21)23(29)27-19-8-4-2-6-14(19)12-20(27)22(28)26-18-11-10-15(24)13-17(18)25/h3,5,7,9-11,13-14,19-20H,2,4,6,8,12H2,1H3,(H,26,28). The molecule has 0 spiro atoms. The third-order valence-corrected chi connectivity index (χ3v) is 6.64. The van der Waals surface area contributed by atoms with Crippen molar-refractivity contribution in [2.45, 2.75) is 44.2 Å². The molecule has 1 saturated carbocycles. The Balaban J connectivity index is 1.64. The molecule has 2 amide bonds. The van der Waals surface area contributed by atoms with Gasteiger partial charge in [-0.25, -0.2) is 4.39 Å². The van der Waals surface area contributed by atoms with E-state index in [4.69, 9.17) is 4.74 Å². The second kappa shape index (κ2) is 8.76. The van der Waals surface area contributed by atoms with Crippen LogP contribution in [0.15, 0.2) is 46.9 Å². The molecule has 3 unspecified atom stereocenters. The number of amides is 2. The number of anilines is 1. The van der Waals surface area contributed by atoms with E-state index in [-0.39, 0.29) is 29.5 Å². The summed E-state index contributed by atoms with van der Waals surface area (Å²) in [6.45, 7) is 0. The maximum absolute atomic E-state index is 14.3. The summed E-state index contributed by atoms with van der Waals surface area (Å²) in [4.78, 5) is 28.4. The van der Waals surface area contributed by atoms with Gasteiger partial charge in [0.2, 0.25) is 5.91 Å². The maximum atomic E-state index is 14.3. The summed E-state index contributed by atoms with van der Waals surface area (Å²) in [5.74, 6) is -0.314. The van der Waals surface area contributed by atoms with Crippen LogP contribution in [0.5, 0.6) is 5.75 Å². The van der Waals surface area contributed by atoms with Crippen molar-refractivity contribution in [1.29, 1.82) is 0 Å². The van der Waals surface area contributed by atoms with Crippen molar-refractivity contribution in [3.05, 3.63) is 58.3 Å². The van der Waals surface area contributed by atoms with Gasteiger partial charge in [0.15, 0.2) is 0 Å². The van der Waals surface area contributed by atoms with Crippen LogP contribution in [0.2, 0.25) is 0 Å². The predicted molar refractivity (Wildman–Crippen MR) is 116 cm³/mol. The molecule has 1 saturated heterocycles. The first-order chi connectivity index (χ1) is 14.5. The third kappa shape index (κ3) is 3.95. The molecule has 0 radical (unpaired) electrons. The Labute approximate surface area is 183 Å². The van der Waals surface area contributed by atoms with Crippen molar-refractivity contribution in [2.75, 3.05) is 12.4 Å². The number of methoxy groups -OCH3 is 1. The van der Waals surface area contributed by atoms with Gasteiger partial charge in [-0.2, -0.15) is 0 Å². The normalized spacial score (nSPS) is 23.0. The van der Waals surface area contributed by atoms with Crippen LogP contribution in [0, 0.1) is 11.7 Å². The molecule has 7 heteroatoms. The van der Waals surface area contributed by atoms with Crippen LogP contribution in [0.3, 0.4) is 0 Å². The number of nitrogens with zero attached hydrogens (tertiary/aromatic N) is 1. The Morgan fingerprint density at radius 1 is 1.17 bits per heavy atom. The predicted octanol–water partition coefficient (Wildman–Crippen LogP) is 5.01. The van der Waals surface area contributed by atoms with Crippen LogP contribution >= 0.6 is 15.9 Å². The molecule has 1 aliphatic carbocycles. The molecule has 3 atom stereocenters. The molecule has 0 bridgehead atoms. The first-order valence-electron chi connectivity index (χ1n) is 10.2. The zero-order valence-electron chi connectivity index (χ0n) is 16.7. The zero-order chi connectivity index (χ0) is 21.3. The number of carbonyl (C=O) groups is 2. The Morgan fingerprint density at radius 3 is 2.70 bits per heavy atom. The summed E-state index contributed by atoms with van der Waals surface area (Å²) >= 11 is 3.22. The average molecular weight is 475 g/mol. The molecule has 2 aliphatic rings. The quantitative estimate of drug-likeness (QED) is 0.677. The van der Waals surface area contributed by atoms with Crippen molar-refractivity contribution in [2.24, 2.45) is 5.92 Å².